The molecule has 0 heterocycles. The lowest BCUT2D eigenvalue weighted by Gasteiger charge is -2.12. The van der Waals surface area contributed by atoms with Gasteiger partial charge in [0.2, 0.25) is 5.91 Å². The summed E-state index contributed by atoms with van der Waals surface area (Å²) < 4.78 is 13.0. The molecule has 0 aromatic heterocycles. The molecule has 0 bridgehead atoms. The monoisotopic (exact) mass is 222 g/mol. The van der Waals surface area contributed by atoms with E-state index in [0.717, 1.165) is 12.8 Å². The highest BCUT2D eigenvalue weighted by Crippen LogP contribution is 2.37. The molecule has 4 heteroatoms. The molecule has 2 rings (SSSR count). The van der Waals surface area contributed by atoms with Gasteiger partial charge in [0.15, 0.2) is 0 Å². The molecule has 16 heavy (non-hydrogen) atoms. The molecular formula is C12H15FN2O. The summed E-state index contributed by atoms with van der Waals surface area (Å²) in [5.41, 5.74) is 6.39. The Balaban J connectivity index is 2.07. The second-order valence-corrected chi connectivity index (χ2v) is 4.35. The zero-order valence-corrected chi connectivity index (χ0v) is 9.16. The fraction of sp³-hybridized carbons (Fsp3) is 0.417. The first-order chi connectivity index (χ1) is 7.58. The maximum absolute atomic E-state index is 13.0. The van der Waals surface area contributed by atoms with Gasteiger partial charge in [-0.15, -0.1) is 0 Å². The maximum atomic E-state index is 13.0. The van der Waals surface area contributed by atoms with Crippen molar-refractivity contribution in [1.29, 1.82) is 0 Å². The maximum Gasteiger partial charge on any atom is 0.227 e. The number of hydrogen-bond acceptors (Lipinski definition) is 2. The smallest absolute Gasteiger partial charge is 0.227 e. The molecule has 86 valence electrons. The van der Waals surface area contributed by atoms with E-state index in [1.807, 2.05) is 6.92 Å². The predicted octanol–water partition coefficient (Wildman–Crippen LogP) is 2.39. The molecule has 1 fully saturated rings. The van der Waals surface area contributed by atoms with Crippen LogP contribution in [0.25, 0.3) is 0 Å². The predicted molar refractivity (Wildman–Crippen MR) is 61.3 cm³/mol. The van der Waals surface area contributed by atoms with E-state index in [0.29, 0.717) is 17.3 Å². The van der Waals surface area contributed by atoms with Crippen LogP contribution < -0.4 is 11.1 Å². The van der Waals surface area contributed by atoms with E-state index in [-0.39, 0.29) is 11.8 Å². The molecule has 1 unspecified atom stereocenters. The van der Waals surface area contributed by atoms with Crippen LogP contribution in [0.4, 0.5) is 15.8 Å². The largest absolute Gasteiger partial charge is 0.397 e. The quantitative estimate of drug-likeness (QED) is 0.771. The van der Waals surface area contributed by atoms with Crippen LogP contribution in [-0.2, 0) is 4.79 Å². The van der Waals surface area contributed by atoms with Gasteiger partial charge in [-0.05, 0) is 37.0 Å². The Morgan fingerprint density at radius 3 is 2.88 bits per heavy atom. The highest BCUT2D eigenvalue weighted by atomic mass is 19.1. The summed E-state index contributed by atoms with van der Waals surface area (Å²) in [6.07, 6.45) is 2.21. The van der Waals surface area contributed by atoms with Gasteiger partial charge in [0.05, 0.1) is 11.4 Å². The number of amides is 1. The first-order valence-electron chi connectivity index (χ1n) is 5.44. The van der Waals surface area contributed by atoms with Crippen LogP contribution >= 0.6 is 0 Å². The third-order valence-electron chi connectivity index (χ3n) is 3.02. The molecule has 0 saturated heterocycles. The number of carbonyl (C=O) groups excluding carboxylic acids is 1. The molecule has 1 atom stereocenters. The van der Waals surface area contributed by atoms with E-state index in [9.17, 15) is 9.18 Å². The van der Waals surface area contributed by atoms with Crippen molar-refractivity contribution in [1.82, 2.24) is 0 Å². The normalized spacial score (nSPS) is 16.9. The standard InChI is InChI=1S/C12H15FN2O/c1-7(8-2-3-8)12(16)15-11-6-9(13)4-5-10(11)14/h4-8H,2-3,14H2,1H3,(H,15,16). The van der Waals surface area contributed by atoms with E-state index in [2.05, 4.69) is 5.32 Å². The first kappa shape index (κ1) is 10.9. The average molecular weight is 222 g/mol. The molecule has 1 aromatic rings. The average Bonchev–Trinajstić information content (AvgIpc) is 3.06. The number of nitrogen functional groups attached to an aromatic ring is 1. The summed E-state index contributed by atoms with van der Waals surface area (Å²) >= 11 is 0. The number of anilines is 2. The molecule has 1 aliphatic rings. The van der Waals surface area contributed by atoms with Crippen LogP contribution in [0.3, 0.4) is 0 Å². The van der Waals surface area contributed by atoms with E-state index in [4.69, 9.17) is 5.73 Å². The van der Waals surface area contributed by atoms with E-state index < -0.39 is 5.82 Å². The minimum Gasteiger partial charge on any atom is -0.397 e. The van der Waals surface area contributed by atoms with Gasteiger partial charge in [0.25, 0.3) is 0 Å². The van der Waals surface area contributed by atoms with E-state index >= 15 is 0 Å². The summed E-state index contributed by atoms with van der Waals surface area (Å²) in [6.45, 7) is 1.89. The van der Waals surface area contributed by atoms with Crippen LogP contribution in [0, 0.1) is 17.7 Å². The van der Waals surface area contributed by atoms with Gasteiger partial charge < -0.3 is 11.1 Å². The van der Waals surface area contributed by atoms with E-state index in [1.54, 1.807) is 0 Å². The van der Waals surface area contributed by atoms with Gasteiger partial charge in [0, 0.05) is 5.92 Å². The van der Waals surface area contributed by atoms with Crippen LogP contribution in [0.15, 0.2) is 18.2 Å². The van der Waals surface area contributed by atoms with Crippen molar-refractivity contribution in [3.8, 4) is 0 Å². The Hall–Kier alpha value is -1.58. The molecule has 0 spiro atoms. The molecule has 0 radical (unpaired) electrons. The molecule has 0 aliphatic heterocycles. The molecule has 1 aromatic carbocycles. The molecular weight excluding hydrogens is 207 g/mol. The number of rotatable bonds is 3. The zero-order valence-electron chi connectivity index (χ0n) is 9.16. The zero-order chi connectivity index (χ0) is 11.7. The number of halogens is 1. The summed E-state index contributed by atoms with van der Waals surface area (Å²) in [4.78, 5) is 11.8. The Morgan fingerprint density at radius 1 is 1.56 bits per heavy atom. The van der Waals surface area contributed by atoms with Crippen molar-refractivity contribution >= 4 is 17.3 Å². The van der Waals surface area contributed by atoms with Gasteiger partial charge in [0.1, 0.15) is 5.82 Å². The number of carbonyl (C=O) groups is 1. The van der Waals surface area contributed by atoms with Crippen LogP contribution in [0.5, 0.6) is 0 Å². The molecule has 3 N–H and O–H groups in total. The second-order valence-electron chi connectivity index (χ2n) is 4.35. The molecule has 1 aliphatic carbocycles. The van der Waals surface area contributed by atoms with Crippen LogP contribution in [-0.4, -0.2) is 5.91 Å². The van der Waals surface area contributed by atoms with Crippen molar-refractivity contribution < 1.29 is 9.18 Å². The SMILES string of the molecule is CC(C(=O)Nc1cc(F)ccc1N)C1CC1. The first-order valence-corrected chi connectivity index (χ1v) is 5.44. The lowest BCUT2D eigenvalue weighted by Crippen LogP contribution is -2.22. The van der Waals surface area contributed by atoms with Gasteiger partial charge in [-0.25, -0.2) is 4.39 Å². The highest BCUT2D eigenvalue weighted by molar-refractivity contribution is 5.95. The van der Waals surface area contributed by atoms with Gasteiger partial charge >= 0.3 is 0 Å². The Morgan fingerprint density at radius 2 is 2.25 bits per heavy atom. The second kappa shape index (κ2) is 4.12. The van der Waals surface area contributed by atoms with Crippen molar-refractivity contribution in [3.05, 3.63) is 24.0 Å². The van der Waals surface area contributed by atoms with Gasteiger partial charge in [-0.1, -0.05) is 6.92 Å². The minimum atomic E-state index is -0.399. The molecule has 3 nitrogen and oxygen atoms in total. The number of benzene rings is 1. The fourth-order valence-corrected chi connectivity index (χ4v) is 1.69. The third kappa shape index (κ3) is 2.32. The summed E-state index contributed by atoms with van der Waals surface area (Å²) in [7, 11) is 0. The summed E-state index contributed by atoms with van der Waals surface area (Å²) in [6, 6.07) is 3.97. The lowest BCUT2D eigenvalue weighted by atomic mass is 10.1. The Labute approximate surface area is 93.8 Å². The molecule has 1 amide bonds. The van der Waals surface area contributed by atoms with Gasteiger partial charge in [-0.3, -0.25) is 4.79 Å². The summed E-state index contributed by atoms with van der Waals surface area (Å²) in [5.74, 6) is -0.0270. The Kier molecular flexibility index (Phi) is 2.81. The minimum absolute atomic E-state index is 0.0253. The fourth-order valence-electron chi connectivity index (χ4n) is 1.69. The van der Waals surface area contributed by atoms with Crippen molar-refractivity contribution in [3.63, 3.8) is 0 Å². The third-order valence-corrected chi connectivity index (χ3v) is 3.02. The number of nitrogens with one attached hydrogen (secondary N) is 1. The number of hydrogen-bond donors (Lipinski definition) is 2. The topological polar surface area (TPSA) is 55.1 Å². The van der Waals surface area contributed by atoms with E-state index in [1.165, 1.54) is 18.2 Å². The summed E-state index contributed by atoms with van der Waals surface area (Å²) in [5, 5.41) is 2.67. The molecule has 1 saturated carbocycles. The van der Waals surface area contributed by atoms with Crippen LogP contribution in [0.1, 0.15) is 19.8 Å². The van der Waals surface area contributed by atoms with Crippen LogP contribution in [0.2, 0.25) is 0 Å². The van der Waals surface area contributed by atoms with Crippen molar-refractivity contribution in [2.75, 3.05) is 11.1 Å². The lowest BCUT2D eigenvalue weighted by molar-refractivity contribution is -0.119. The van der Waals surface area contributed by atoms with Gasteiger partial charge in [-0.2, -0.15) is 0 Å². The van der Waals surface area contributed by atoms with Crippen molar-refractivity contribution in [2.24, 2.45) is 11.8 Å². The highest BCUT2D eigenvalue weighted by Gasteiger charge is 2.32. The van der Waals surface area contributed by atoms with Crippen molar-refractivity contribution in [2.45, 2.75) is 19.8 Å². The Bertz CT molecular complexity index is 415. The number of nitrogens with two attached hydrogens (primary N) is 1.